The number of rotatable bonds is 9. The standard InChI is InChI=1S/C42H36O2P2/c1-33(45(35-21-9-3-10-22-35,36-23-11-4-12-24-36)37-25-13-5-14-26-37)41(43)42(44)34(2)46(38-27-15-6-16-28-38,39-29-17-7-18-30-39)40-31-19-8-20-32-40/h3-32H,1-2H3. The van der Waals surface area contributed by atoms with Crippen LogP contribution in [0.4, 0.5) is 0 Å². The predicted molar refractivity (Wildman–Crippen MR) is 202 cm³/mol. The second kappa shape index (κ2) is 13.7. The number of benzene rings is 6. The largest absolute Gasteiger partial charge is 0.285 e. The smallest absolute Gasteiger partial charge is 0.229 e. The minimum Gasteiger partial charge on any atom is -0.285 e. The molecular formula is C42H36O2P2. The third-order valence-corrected chi connectivity index (χ3v) is 17.6. The van der Waals surface area contributed by atoms with E-state index < -0.39 is 25.3 Å². The van der Waals surface area contributed by atoms with Crippen LogP contribution < -0.4 is 31.8 Å². The number of hydrogen-bond acceptors (Lipinski definition) is 2. The fraction of sp³-hybridized carbons (Fsp3) is 0.0476. The summed E-state index contributed by atoms with van der Waals surface area (Å²) in [5, 5.41) is 7.40. The number of Topliss-reactive ketones (excluding diaryl/α,β-unsaturated/α-hetero) is 2. The molecule has 0 aliphatic rings. The molecule has 46 heavy (non-hydrogen) atoms. The molecule has 0 radical (unpaired) electrons. The molecule has 0 saturated carbocycles. The summed E-state index contributed by atoms with van der Waals surface area (Å²) in [6.45, 7) is -1.65. The Bertz CT molecular complexity index is 1710. The quantitative estimate of drug-likeness (QED) is 0.135. The van der Waals surface area contributed by atoms with Gasteiger partial charge in [-0.2, -0.15) is 0 Å². The van der Waals surface area contributed by atoms with Gasteiger partial charge in [-0.15, -0.1) is 0 Å². The highest BCUT2D eigenvalue weighted by molar-refractivity contribution is 7.98. The molecular weight excluding hydrogens is 598 g/mol. The Balaban J connectivity index is 1.73. The highest BCUT2D eigenvalue weighted by Crippen LogP contribution is 2.48. The monoisotopic (exact) mass is 634 g/mol. The van der Waals surface area contributed by atoms with Crippen LogP contribution in [0.2, 0.25) is 0 Å². The van der Waals surface area contributed by atoms with Gasteiger partial charge in [0.05, 0.1) is 0 Å². The molecule has 0 spiro atoms. The molecule has 0 atom stereocenters. The van der Waals surface area contributed by atoms with Crippen molar-refractivity contribution in [3.8, 4) is 0 Å². The van der Waals surface area contributed by atoms with Gasteiger partial charge in [0.25, 0.3) is 0 Å². The lowest BCUT2D eigenvalue weighted by Gasteiger charge is -2.33. The first-order valence-electron chi connectivity index (χ1n) is 15.4. The highest BCUT2D eigenvalue weighted by atomic mass is 31.2. The molecule has 0 unspecified atom stereocenters. The summed E-state index contributed by atoms with van der Waals surface area (Å²) in [4.78, 5) is 30.1. The van der Waals surface area contributed by atoms with E-state index in [4.69, 9.17) is 0 Å². The molecule has 0 saturated heterocycles. The van der Waals surface area contributed by atoms with E-state index in [0.717, 1.165) is 31.8 Å². The summed E-state index contributed by atoms with van der Waals surface area (Å²) in [5.74, 6) is -0.871. The molecule has 2 nitrogen and oxygen atoms in total. The van der Waals surface area contributed by atoms with Crippen LogP contribution in [0.15, 0.2) is 182 Å². The van der Waals surface area contributed by atoms with Crippen LogP contribution >= 0.6 is 13.8 Å². The molecule has 0 aromatic heterocycles. The van der Waals surface area contributed by atoms with Gasteiger partial charge >= 0.3 is 0 Å². The van der Waals surface area contributed by atoms with Crippen LogP contribution in [-0.2, 0) is 9.59 Å². The summed E-state index contributed by atoms with van der Waals surface area (Å²) < 4.78 is 0. The van der Waals surface area contributed by atoms with Crippen LogP contribution in [0.5, 0.6) is 0 Å². The van der Waals surface area contributed by atoms with E-state index in [9.17, 15) is 0 Å². The average Bonchev–Trinajstić information content (AvgIpc) is 3.14. The Morgan fingerprint density at radius 2 is 0.457 bits per heavy atom. The lowest BCUT2D eigenvalue weighted by atomic mass is 10.2. The van der Waals surface area contributed by atoms with Crippen LogP contribution in [0.3, 0.4) is 0 Å². The molecule has 0 amide bonds. The van der Waals surface area contributed by atoms with Gasteiger partial charge in [0.15, 0.2) is 0 Å². The van der Waals surface area contributed by atoms with Crippen molar-refractivity contribution in [3.05, 3.63) is 182 Å². The van der Waals surface area contributed by atoms with E-state index in [1.807, 2.05) is 123 Å². The summed E-state index contributed by atoms with van der Waals surface area (Å²) in [6.07, 6.45) is 0. The Kier molecular flexibility index (Phi) is 9.32. The fourth-order valence-corrected chi connectivity index (χ4v) is 15.2. The van der Waals surface area contributed by atoms with Gasteiger partial charge in [0.1, 0.15) is 0 Å². The third kappa shape index (κ3) is 5.39. The van der Waals surface area contributed by atoms with Crippen molar-refractivity contribution in [1.82, 2.24) is 0 Å². The third-order valence-electron chi connectivity index (χ3n) is 8.73. The van der Waals surface area contributed by atoms with Gasteiger partial charge in [0.2, 0.25) is 11.6 Å². The molecule has 0 aliphatic carbocycles. The van der Waals surface area contributed by atoms with Crippen LogP contribution in [0, 0.1) is 0 Å². The van der Waals surface area contributed by atoms with Gasteiger partial charge in [-0.3, -0.25) is 9.59 Å². The molecule has 6 aromatic rings. The number of carbonyl (C=O) groups excluding carboxylic acids is 2. The van der Waals surface area contributed by atoms with Crippen molar-refractivity contribution >= 4 is 67.8 Å². The first kappa shape index (κ1) is 31.3. The molecule has 6 aromatic carbocycles. The van der Waals surface area contributed by atoms with E-state index in [0.29, 0.717) is 10.6 Å². The van der Waals surface area contributed by atoms with Crippen molar-refractivity contribution in [3.63, 3.8) is 0 Å². The summed E-state index contributed by atoms with van der Waals surface area (Å²) in [6, 6.07) is 61.3. The molecule has 0 heterocycles. The van der Waals surface area contributed by atoms with Crippen LogP contribution in [0.1, 0.15) is 13.8 Å². The molecule has 6 rings (SSSR count). The van der Waals surface area contributed by atoms with E-state index in [1.165, 1.54) is 0 Å². The zero-order valence-corrected chi connectivity index (χ0v) is 27.8. The maximum absolute atomic E-state index is 15.0. The zero-order valence-electron chi connectivity index (χ0n) is 26.0. The van der Waals surface area contributed by atoms with E-state index >= 15 is 9.59 Å². The van der Waals surface area contributed by atoms with Crippen molar-refractivity contribution < 1.29 is 9.59 Å². The van der Waals surface area contributed by atoms with Crippen molar-refractivity contribution in [2.75, 3.05) is 0 Å². The first-order chi connectivity index (χ1) is 22.5. The van der Waals surface area contributed by atoms with Crippen molar-refractivity contribution in [2.24, 2.45) is 0 Å². The van der Waals surface area contributed by atoms with Crippen molar-refractivity contribution in [1.29, 1.82) is 0 Å². The Hall–Kier alpha value is -4.74. The number of ketones is 2. The highest BCUT2D eigenvalue weighted by Gasteiger charge is 2.37. The SMILES string of the molecule is CC(C(=O)C(=O)C(C)=P(c1ccccc1)(c1ccccc1)c1ccccc1)=P(c1ccccc1)(c1ccccc1)c1ccccc1. The minimum atomic E-state index is -2.72. The maximum atomic E-state index is 15.0. The van der Waals surface area contributed by atoms with E-state index in [-0.39, 0.29) is 0 Å². The molecule has 4 heteroatoms. The fourth-order valence-electron chi connectivity index (χ4n) is 6.60. The molecule has 0 fully saturated rings. The lowest BCUT2D eigenvalue weighted by molar-refractivity contribution is -0.128. The average molecular weight is 635 g/mol. The van der Waals surface area contributed by atoms with Crippen LogP contribution in [-0.4, -0.2) is 22.2 Å². The minimum absolute atomic E-state index is 0.436. The van der Waals surface area contributed by atoms with Gasteiger partial charge < -0.3 is 0 Å². The Labute approximate surface area is 272 Å². The summed E-state index contributed by atoms with van der Waals surface area (Å²) in [5.41, 5.74) is 0. The Morgan fingerprint density at radius 3 is 0.609 bits per heavy atom. The van der Waals surface area contributed by atoms with Crippen molar-refractivity contribution in [2.45, 2.75) is 13.8 Å². The van der Waals surface area contributed by atoms with Gasteiger partial charge in [-0.25, -0.2) is 0 Å². The number of hydrogen-bond donors (Lipinski definition) is 0. The van der Waals surface area contributed by atoms with Gasteiger partial charge in [-0.05, 0) is 59.4 Å². The second-order valence-electron chi connectivity index (χ2n) is 11.2. The van der Waals surface area contributed by atoms with E-state index in [1.54, 1.807) is 0 Å². The maximum Gasteiger partial charge on any atom is 0.229 e. The summed E-state index contributed by atoms with van der Waals surface area (Å²) in [7, 11) is 0. The summed E-state index contributed by atoms with van der Waals surface area (Å²) >= 11 is 0. The van der Waals surface area contributed by atoms with Gasteiger partial charge in [0, 0.05) is 10.6 Å². The van der Waals surface area contributed by atoms with Gasteiger partial charge in [-0.1, -0.05) is 182 Å². The second-order valence-corrected chi connectivity index (χ2v) is 18.3. The lowest BCUT2D eigenvalue weighted by Crippen LogP contribution is -2.39. The Morgan fingerprint density at radius 1 is 0.304 bits per heavy atom. The van der Waals surface area contributed by atoms with E-state index in [2.05, 4.69) is 72.8 Å². The number of carbonyl (C=O) groups is 2. The topological polar surface area (TPSA) is 34.1 Å². The zero-order chi connectivity index (χ0) is 32.0. The molecule has 0 N–H and O–H groups in total. The normalized spacial score (nSPS) is 11.4. The first-order valence-corrected chi connectivity index (χ1v) is 19.0. The molecule has 226 valence electrons. The van der Waals surface area contributed by atoms with Crippen LogP contribution in [0.25, 0.3) is 0 Å². The molecule has 0 bridgehead atoms. The molecule has 0 aliphatic heterocycles. The predicted octanol–water partition coefficient (Wildman–Crippen LogP) is 6.50.